The lowest BCUT2D eigenvalue weighted by molar-refractivity contribution is -0.138. The third-order valence-corrected chi connectivity index (χ3v) is 4.03. The van der Waals surface area contributed by atoms with Gasteiger partial charge in [-0.05, 0) is 31.0 Å². The highest BCUT2D eigenvalue weighted by Crippen LogP contribution is 2.44. The van der Waals surface area contributed by atoms with Gasteiger partial charge in [0.25, 0.3) is 5.95 Å². The zero-order chi connectivity index (χ0) is 21.4. The van der Waals surface area contributed by atoms with Gasteiger partial charge in [-0.2, -0.15) is 31.3 Å². The predicted molar refractivity (Wildman–Crippen MR) is 93.8 cm³/mol. The Bertz CT molecular complexity index is 919. The lowest BCUT2D eigenvalue weighted by Crippen LogP contribution is -2.14. The molecule has 1 heterocycles. The van der Waals surface area contributed by atoms with Crippen molar-refractivity contribution >= 4 is 23.9 Å². The fourth-order valence-corrected chi connectivity index (χ4v) is 2.87. The number of rotatable bonds is 3. The number of benzene rings is 1. The Morgan fingerprint density at radius 1 is 1.00 bits per heavy atom. The summed E-state index contributed by atoms with van der Waals surface area (Å²) < 4.78 is 80.6. The molecule has 0 spiro atoms. The van der Waals surface area contributed by atoms with E-state index in [2.05, 4.69) is 15.0 Å². The molecule has 0 saturated heterocycles. The van der Waals surface area contributed by atoms with Crippen LogP contribution in [0.25, 0.3) is 11.3 Å². The highest BCUT2D eigenvalue weighted by Gasteiger charge is 2.40. The number of aromatic nitrogens is 2. The van der Waals surface area contributed by atoms with Gasteiger partial charge >= 0.3 is 12.4 Å². The Hall–Kier alpha value is -2.36. The second-order valence-corrected chi connectivity index (χ2v) is 6.53. The minimum atomic E-state index is -4.98. The van der Waals surface area contributed by atoms with E-state index >= 15 is 0 Å². The summed E-state index contributed by atoms with van der Waals surface area (Å²) in [4.78, 5) is 12.6. The summed E-state index contributed by atoms with van der Waals surface area (Å²) in [6.45, 7) is 2.48. The molecule has 2 rings (SSSR count). The van der Waals surface area contributed by atoms with Gasteiger partial charge < -0.3 is 4.90 Å². The first kappa shape index (κ1) is 21.9. The summed E-state index contributed by atoms with van der Waals surface area (Å²) in [7, 11) is 3.22. The van der Waals surface area contributed by atoms with Crippen molar-refractivity contribution in [2.45, 2.75) is 26.2 Å². The first-order chi connectivity index (χ1) is 12.7. The highest BCUT2D eigenvalue weighted by molar-refractivity contribution is 6.30. The molecule has 4 nitrogen and oxygen atoms in total. The van der Waals surface area contributed by atoms with Gasteiger partial charge in [-0.15, -0.1) is 0 Å². The highest BCUT2D eigenvalue weighted by atomic mass is 35.5. The van der Waals surface area contributed by atoms with E-state index in [9.17, 15) is 26.3 Å². The molecule has 0 bridgehead atoms. The molecule has 0 aliphatic rings. The van der Waals surface area contributed by atoms with Gasteiger partial charge in [0.1, 0.15) is 10.7 Å². The van der Waals surface area contributed by atoms with Gasteiger partial charge in [-0.25, -0.2) is 9.98 Å². The van der Waals surface area contributed by atoms with Crippen LogP contribution < -0.4 is 0 Å². The molecule has 0 radical (unpaired) electrons. The lowest BCUT2D eigenvalue weighted by Gasteiger charge is -2.19. The topological polar surface area (TPSA) is 41.4 Å². The van der Waals surface area contributed by atoms with Crippen molar-refractivity contribution in [3.05, 3.63) is 39.5 Å². The summed E-state index contributed by atoms with van der Waals surface area (Å²) in [6, 6.07) is 1.90. The number of aryl methyl sites for hydroxylation is 1. The summed E-state index contributed by atoms with van der Waals surface area (Å²) >= 11 is 5.74. The van der Waals surface area contributed by atoms with Crippen LogP contribution in [-0.2, 0) is 12.4 Å². The summed E-state index contributed by atoms with van der Waals surface area (Å²) in [6.07, 6.45) is -8.49. The molecule has 0 unspecified atom stereocenters. The van der Waals surface area contributed by atoms with Gasteiger partial charge in [-0.1, -0.05) is 17.7 Å². The molecule has 0 N–H and O–H groups in total. The normalized spacial score (nSPS) is 12.7. The van der Waals surface area contributed by atoms with E-state index in [0.29, 0.717) is 0 Å². The van der Waals surface area contributed by atoms with Crippen LogP contribution in [0, 0.1) is 13.8 Å². The van der Waals surface area contributed by atoms with Crippen LogP contribution in [-0.4, -0.2) is 35.3 Å². The minimum absolute atomic E-state index is 0.174. The average Bonchev–Trinajstić information content (AvgIpc) is 2.49. The van der Waals surface area contributed by atoms with Crippen LogP contribution >= 0.6 is 11.6 Å². The maximum Gasteiger partial charge on any atom is 0.421 e. The number of hydrogen-bond donors (Lipinski definition) is 0. The Morgan fingerprint density at radius 2 is 1.61 bits per heavy atom. The fourth-order valence-electron chi connectivity index (χ4n) is 2.60. The molecule has 2 aromatic rings. The number of nitrogens with zero attached hydrogens (tertiary/aromatic N) is 4. The van der Waals surface area contributed by atoms with Crippen LogP contribution in [0.3, 0.4) is 0 Å². The molecule has 1 aromatic heterocycles. The van der Waals surface area contributed by atoms with Crippen LogP contribution in [0.1, 0.15) is 22.3 Å². The molecule has 0 atom stereocenters. The van der Waals surface area contributed by atoms with Gasteiger partial charge in [-0.3, -0.25) is 0 Å². The largest absolute Gasteiger partial charge is 0.421 e. The molecule has 11 heteroatoms. The SMILES string of the molecule is Cc1ccc(C(F)(F)F)c(C)c1-c1nc(N=CN(C)C)nc(Cl)c1C(F)(F)F. The lowest BCUT2D eigenvalue weighted by atomic mass is 9.93. The van der Waals surface area contributed by atoms with E-state index in [1.54, 1.807) is 14.1 Å². The average molecular weight is 425 g/mol. The molecular weight excluding hydrogens is 410 g/mol. The third kappa shape index (κ3) is 4.54. The van der Waals surface area contributed by atoms with E-state index in [-0.39, 0.29) is 11.1 Å². The molecule has 0 aliphatic heterocycles. The second kappa shape index (κ2) is 7.57. The monoisotopic (exact) mass is 424 g/mol. The van der Waals surface area contributed by atoms with E-state index < -0.39 is 45.8 Å². The molecule has 0 amide bonds. The van der Waals surface area contributed by atoms with Crippen molar-refractivity contribution in [2.75, 3.05) is 14.1 Å². The smallest absolute Gasteiger partial charge is 0.369 e. The number of hydrogen-bond acceptors (Lipinski definition) is 3. The van der Waals surface area contributed by atoms with Crippen molar-refractivity contribution < 1.29 is 26.3 Å². The maximum atomic E-state index is 13.6. The Labute approximate surface area is 161 Å². The Kier molecular flexibility index (Phi) is 5.93. The van der Waals surface area contributed by atoms with E-state index in [1.165, 1.54) is 18.2 Å². The molecule has 28 heavy (non-hydrogen) atoms. The molecule has 1 aromatic carbocycles. The molecule has 152 valence electrons. The summed E-state index contributed by atoms with van der Waals surface area (Å²) in [5, 5.41) is -0.945. The van der Waals surface area contributed by atoms with Gasteiger partial charge in [0, 0.05) is 19.7 Å². The summed E-state index contributed by atoms with van der Waals surface area (Å²) in [5.74, 6) is -0.405. The Balaban J connectivity index is 2.91. The molecule has 0 aliphatic carbocycles. The molecule has 0 saturated carbocycles. The van der Waals surface area contributed by atoms with Gasteiger partial charge in [0.2, 0.25) is 0 Å². The quantitative estimate of drug-likeness (QED) is 0.276. The third-order valence-electron chi connectivity index (χ3n) is 3.76. The number of aliphatic imine (C=N–C) groups is 1. The zero-order valence-corrected chi connectivity index (χ0v) is 15.9. The van der Waals surface area contributed by atoms with Crippen LogP contribution in [0.4, 0.5) is 32.3 Å². The number of alkyl halides is 6. The standard InChI is InChI=1S/C17H15ClF6N4/c1-8-5-6-10(16(19,20)21)9(2)11(8)13-12(17(22,23)24)14(18)27-15(26-13)25-7-28(3)4/h5-7H,1-4H3. The molecular formula is C17H15ClF6N4. The zero-order valence-electron chi connectivity index (χ0n) is 15.2. The maximum absolute atomic E-state index is 13.6. The van der Waals surface area contributed by atoms with Crippen LogP contribution in [0.5, 0.6) is 0 Å². The van der Waals surface area contributed by atoms with Crippen LogP contribution in [0.15, 0.2) is 17.1 Å². The fraction of sp³-hybridized carbons (Fsp3) is 0.353. The first-order valence-electron chi connectivity index (χ1n) is 7.76. The van der Waals surface area contributed by atoms with Crippen molar-refractivity contribution in [1.82, 2.24) is 14.9 Å². The van der Waals surface area contributed by atoms with Crippen molar-refractivity contribution in [3.8, 4) is 11.3 Å². The first-order valence-corrected chi connectivity index (χ1v) is 8.14. The van der Waals surface area contributed by atoms with E-state index in [1.807, 2.05) is 0 Å². The van der Waals surface area contributed by atoms with Crippen LogP contribution in [0.2, 0.25) is 5.15 Å². The van der Waals surface area contributed by atoms with Crippen molar-refractivity contribution in [1.29, 1.82) is 0 Å². The van der Waals surface area contributed by atoms with Gasteiger partial charge in [0.15, 0.2) is 0 Å². The predicted octanol–water partition coefficient (Wildman–Crippen LogP) is 5.67. The van der Waals surface area contributed by atoms with E-state index in [4.69, 9.17) is 11.6 Å². The number of halogens is 7. The second-order valence-electron chi connectivity index (χ2n) is 6.17. The van der Waals surface area contributed by atoms with E-state index in [0.717, 1.165) is 19.1 Å². The van der Waals surface area contributed by atoms with Crippen molar-refractivity contribution in [2.24, 2.45) is 4.99 Å². The Morgan fingerprint density at radius 3 is 2.11 bits per heavy atom. The summed E-state index contributed by atoms with van der Waals surface area (Å²) in [5.41, 5.74) is -3.76. The minimum Gasteiger partial charge on any atom is -0.369 e. The van der Waals surface area contributed by atoms with Gasteiger partial charge in [0.05, 0.1) is 17.6 Å². The van der Waals surface area contributed by atoms with Crippen molar-refractivity contribution in [3.63, 3.8) is 0 Å². The molecule has 0 fully saturated rings.